The first-order valence-corrected chi connectivity index (χ1v) is 10.7. The Morgan fingerprint density at radius 3 is 2.65 bits per heavy atom. The van der Waals surface area contributed by atoms with E-state index in [9.17, 15) is 0 Å². The van der Waals surface area contributed by atoms with E-state index in [1.54, 1.807) is 0 Å². The number of hydrogen-bond donors (Lipinski definition) is 0. The molecule has 0 aliphatic heterocycles. The van der Waals surface area contributed by atoms with Crippen molar-refractivity contribution in [1.82, 2.24) is 9.78 Å². The topological polar surface area (TPSA) is 27.1 Å². The van der Waals surface area contributed by atoms with Gasteiger partial charge < -0.3 is 4.43 Å². The average Bonchev–Trinajstić information content (AvgIpc) is 2.70. The average molecular weight is 355 g/mol. The normalized spacial score (nSPS) is 13.1. The Morgan fingerprint density at radius 1 is 1.30 bits per heavy atom. The maximum absolute atomic E-state index is 6.21. The number of aromatic nitrogens is 2. The molecule has 20 heavy (non-hydrogen) atoms. The zero-order valence-electron chi connectivity index (χ0n) is 12.9. The van der Waals surface area contributed by atoms with Crippen LogP contribution in [0.1, 0.15) is 20.8 Å². The zero-order chi connectivity index (χ0) is 15.0. The molecule has 0 spiro atoms. The summed E-state index contributed by atoms with van der Waals surface area (Å²) in [7, 11) is -1.66. The Morgan fingerprint density at radius 2 is 2.00 bits per heavy atom. The van der Waals surface area contributed by atoms with Crippen LogP contribution in [0.5, 0.6) is 0 Å². The van der Waals surface area contributed by atoms with Gasteiger partial charge in [0.2, 0.25) is 0 Å². The van der Waals surface area contributed by atoms with E-state index in [0.29, 0.717) is 0 Å². The fourth-order valence-electron chi connectivity index (χ4n) is 1.84. The molecule has 0 fully saturated rings. The highest BCUT2D eigenvalue weighted by Gasteiger charge is 2.36. The zero-order valence-corrected chi connectivity index (χ0v) is 15.5. The molecule has 1 aromatic carbocycles. The van der Waals surface area contributed by atoms with Crippen LogP contribution in [0.25, 0.3) is 10.9 Å². The lowest BCUT2D eigenvalue weighted by Crippen LogP contribution is -2.41. The van der Waals surface area contributed by atoms with Crippen LogP contribution in [0.4, 0.5) is 0 Å². The van der Waals surface area contributed by atoms with E-state index in [1.807, 2.05) is 10.9 Å². The van der Waals surface area contributed by atoms with Crippen LogP contribution in [0.15, 0.2) is 28.9 Å². The second-order valence-corrected chi connectivity index (χ2v) is 12.4. The highest BCUT2D eigenvalue weighted by molar-refractivity contribution is 9.10. The van der Waals surface area contributed by atoms with Gasteiger partial charge in [-0.1, -0.05) is 36.7 Å². The highest BCUT2D eigenvalue weighted by atomic mass is 79.9. The predicted molar refractivity (Wildman–Crippen MR) is 90.6 cm³/mol. The van der Waals surface area contributed by atoms with Gasteiger partial charge in [-0.2, -0.15) is 5.10 Å². The first-order chi connectivity index (χ1) is 9.21. The van der Waals surface area contributed by atoms with Crippen LogP contribution in [0.3, 0.4) is 0 Å². The van der Waals surface area contributed by atoms with Gasteiger partial charge in [0.1, 0.15) is 0 Å². The van der Waals surface area contributed by atoms with Crippen molar-refractivity contribution in [2.45, 2.75) is 45.4 Å². The molecular weight excluding hydrogens is 332 g/mol. The van der Waals surface area contributed by atoms with Crippen molar-refractivity contribution in [3.63, 3.8) is 0 Å². The van der Waals surface area contributed by atoms with E-state index in [0.717, 1.165) is 28.5 Å². The summed E-state index contributed by atoms with van der Waals surface area (Å²) in [5, 5.41) is 5.86. The van der Waals surface area contributed by atoms with Gasteiger partial charge in [-0.3, -0.25) is 4.68 Å². The summed E-state index contributed by atoms with van der Waals surface area (Å²) in [4.78, 5) is 0. The van der Waals surface area contributed by atoms with Crippen LogP contribution in [-0.2, 0) is 11.0 Å². The second-order valence-electron chi connectivity index (χ2n) is 6.68. The lowest BCUT2D eigenvalue weighted by molar-refractivity contribution is 0.268. The van der Waals surface area contributed by atoms with Crippen LogP contribution in [0, 0.1) is 0 Å². The van der Waals surface area contributed by atoms with Crippen LogP contribution in [0.2, 0.25) is 18.1 Å². The summed E-state index contributed by atoms with van der Waals surface area (Å²) in [5.74, 6) is 0. The summed E-state index contributed by atoms with van der Waals surface area (Å²) in [6, 6.07) is 6.24. The highest BCUT2D eigenvalue weighted by Crippen LogP contribution is 2.36. The molecule has 0 saturated carbocycles. The summed E-state index contributed by atoms with van der Waals surface area (Å²) >= 11 is 3.49. The van der Waals surface area contributed by atoms with E-state index in [1.165, 1.54) is 0 Å². The molecule has 0 bridgehead atoms. The van der Waals surface area contributed by atoms with E-state index in [2.05, 4.69) is 73.1 Å². The molecule has 0 unspecified atom stereocenters. The number of halogens is 1. The predicted octanol–water partition coefficient (Wildman–Crippen LogP) is 4.82. The molecule has 0 N–H and O–H groups in total. The number of benzene rings is 1. The molecule has 2 rings (SSSR count). The van der Waals surface area contributed by atoms with Gasteiger partial charge in [-0.05, 0) is 36.3 Å². The molecule has 0 saturated heterocycles. The molecule has 110 valence electrons. The van der Waals surface area contributed by atoms with E-state index in [-0.39, 0.29) is 5.04 Å². The first-order valence-electron chi connectivity index (χ1n) is 6.96. The minimum absolute atomic E-state index is 0.254. The fraction of sp³-hybridized carbons (Fsp3) is 0.533. The molecule has 0 atom stereocenters. The van der Waals surface area contributed by atoms with E-state index in [4.69, 9.17) is 4.43 Å². The maximum atomic E-state index is 6.21. The molecular formula is C15H23BrN2OSi. The Kier molecular flexibility index (Phi) is 4.42. The number of fused-ring (bicyclic) bond motifs is 1. The summed E-state index contributed by atoms with van der Waals surface area (Å²) in [6.07, 6.45) is 1.91. The van der Waals surface area contributed by atoms with Gasteiger partial charge in [0.25, 0.3) is 0 Å². The smallest absolute Gasteiger partial charge is 0.192 e. The van der Waals surface area contributed by atoms with Crippen molar-refractivity contribution in [1.29, 1.82) is 0 Å². The molecule has 5 heteroatoms. The first kappa shape index (κ1) is 15.7. The Labute approximate surface area is 130 Å². The van der Waals surface area contributed by atoms with Gasteiger partial charge in [-0.25, -0.2) is 0 Å². The van der Waals surface area contributed by atoms with Crippen molar-refractivity contribution >= 4 is 35.2 Å². The molecule has 0 aliphatic carbocycles. The van der Waals surface area contributed by atoms with Gasteiger partial charge in [0.15, 0.2) is 8.32 Å². The van der Waals surface area contributed by atoms with Crippen molar-refractivity contribution < 1.29 is 4.43 Å². The molecule has 0 radical (unpaired) electrons. The quantitative estimate of drug-likeness (QED) is 0.735. The molecule has 1 aromatic heterocycles. The van der Waals surface area contributed by atoms with Crippen molar-refractivity contribution in [3.8, 4) is 0 Å². The third-order valence-corrected chi connectivity index (χ3v) is 9.21. The fourth-order valence-corrected chi connectivity index (χ4v) is 3.25. The molecule has 3 nitrogen and oxygen atoms in total. The monoisotopic (exact) mass is 354 g/mol. The maximum Gasteiger partial charge on any atom is 0.192 e. The SMILES string of the molecule is CC(C)(C)[Si](C)(C)OCCn1ncc2cc(Br)ccc21. The largest absolute Gasteiger partial charge is 0.415 e. The number of rotatable bonds is 4. The second kappa shape index (κ2) is 5.62. The minimum Gasteiger partial charge on any atom is -0.415 e. The molecule has 0 aliphatic rings. The van der Waals surface area contributed by atoms with Crippen LogP contribution >= 0.6 is 15.9 Å². The van der Waals surface area contributed by atoms with Crippen molar-refractivity contribution in [2.24, 2.45) is 0 Å². The summed E-state index contributed by atoms with van der Waals surface area (Å²) < 4.78 is 9.32. The third kappa shape index (κ3) is 3.32. The van der Waals surface area contributed by atoms with Crippen LogP contribution < -0.4 is 0 Å². The Hall–Kier alpha value is -0.653. The summed E-state index contributed by atoms with van der Waals surface area (Å²) in [5.41, 5.74) is 1.16. The summed E-state index contributed by atoms with van der Waals surface area (Å²) in [6.45, 7) is 12.9. The van der Waals surface area contributed by atoms with Gasteiger partial charge >= 0.3 is 0 Å². The van der Waals surface area contributed by atoms with Gasteiger partial charge in [-0.15, -0.1) is 0 Å². The third-order valence-electron chi connectivity index (χ3n) is 4.18. The number of hydrogen-bond acceptors (Lipinski definition) is 2. The van der Waals surface area contributed by atoms with E-state index < -0.39 is 8.32 Å². The minimum atomic E-state index is -1.66. The lowest BCUT2D eigenvalue weighted by Gasteiger charge is -2.36. The van der Waals surface area contributed by atoms with Gasteiger partial charge in [0.05, 0.1) is 24.9 Å². The molecule has 2 aromatic rings. The van der Waals surface area contributed by atoms with Crippen molar-refractivity contribution in [3.05, 3.63) is 28.9 Å². The lowest BCUT2D eigenvalue weighted by atomic mass is 10.2. The molecule has 1 heterocycles. The van der Waals surface area contributed by atoms with Gasteiger partial charge in [0, 0.05) is 9.86 Å². The molecule has 0 amide bonds. The van der Waals surface area contributed by atoms with Crippen LogP contribution in [-0.4, -0.2) is 24.7 Å². The Bertz CT molecular complexity index is 601. The Balaban J connectivity index is 2.04. The number of nitrogens with zero attached hydrogens (tertiary/aromatic N) is 2. The standard InChI is InChI=1S/C15H23BrN2OSi/c1-15(2,3)20(4,5)19-9-8-18-14-7-6-13(16)10-12(14)11-17-18/h6-7,10-11H,8-9H2,1-5H3. The van der Waals surface area contributed by atoms with Crippen molar-refractivity contribution in [2.75, 3.05) is 6.61 Å². The van der Waals surface area contributed by atoms with E-state index >= 15 is 0 Å².